The Morgan fingerprint density at radius 2 is 2.06 bits per heavy atom. The summed E-state index contributed by atoms with van der Waals surface area (Å²) in [6.45, 7) is 3.14. The number of carbonyl (C=O) groups excluding carboxylic acids is 1. The quantitative estimate of drug-likeness (QED) is 0.499. The van der Waals surface area contributed by atoms with Gasteiger partial charge in [0, 0.05) is 25.5 Å². The fourth-order valence-corrected chi connectivity index (χ4v) is 1.38. The minimum absolute atomic E-state index is 0.00224. The van der Waals surface area contributed by atoms with E-state index < -0.39 is 0 Å². The molecule has 6 nitrogen and oxygen atoms in total. The highest BCUT2D eigenvalue weighted by atomic mass is 16.5. The van der Waals surface area contributed by atoms with Crippen LogP contribution < -0.4 is 11.1 Å². The van der Waals surface area contributed by atoms with Gasteiger partial charge in [0.05, 0.1) is 32.8 Å². The molecule has 0 saturated heterocycles. The van der Waals surface area contributed by atoms with Crippen LogP contribution in [0.15, 0.2) is 18.5 Å². The van der Waals surface area contributed by atoms with Gasteiger partial charge < -0.3 is 25.5 Å². The maximum absolute atomic E-state index is 11.5. The zero-order chi connectivity index (χ0) is 13.1. The van der Waals surface area contributed by atoms with Gasteiger partial charge in [-0.15, -0.1) is 0 Å². The number of H-pyrrole nitrogens is 1. The van der Waals surface area contributed by atoms with E-state index >= 15 is 0 Å². The zero-order valence-electron chi connectivity index (χ0n) is 10.5. The van der Waals surface area contributed by atoms with Crippen molar-refractivity contribution in [2.75, 3.05) is 39.5 Å². The van der Waals surface area contributed by atoms with Crippen LogP contribution in [-0.2, 0) is 20.7 Å². The fourth-order valence-electron chi connectivity index (χ4n) is 1.38. The molecule has 1 rings (SSSR count). The van der Waals surface area contributed by atoms with Crippen LogP contribution >= 0.6 is 0 Å². The molecule has 0 radical (unpaired) electrons. The summed E-state index contributed by atoms with van der Waals surface area (Å²) >= 11 is 0. The predicted octanol–water partition coefficient (Wildman–Crippen LogP) is -0.335. The van der Waals surface area contributed by atoms with Gasteiger partial charge in [0.1, 0.15) is 0 Å². The number of aromatic nitrogens is 1. The first-order valence-electron chi connectivity index (χ1n) is 6.07. The molecule has 0 fully saturated rings. The smallest absolute Gasteiger partial charge is 0.224 e. The summed E-state index contributed by atoms with van der Waals surface area (Å²) in [6.07, 6.45) is 4.00. The zero-order valence-corrected chi connectivity index (χ0v) is 10.5. The van der Waals surface area contributed by atoms with Crippen molar-refractivity contribution in [1.82, 2.24) is 10.3 Å². The van der Waals surface area contributed by atoms with Gasteiger partial charge in [0.25, 0.3) is 0 Å². The van der Waals surface area contributed by atoms with Crippen LogP contribution in [0.4, 0.5) is 0 Å². The Morgan fingerprint density at radius 3 is 2.72 bits per heavy atom. The second-order valence-corrected chi connectivity index (χ2v) is 3.76. The molecule has 6 heteroatoms. The molecule has 1 aromatic rings. The van der Waals surface area contributed by atoms with Gasteiger partial charge in [-0.05, 0) is 11.6 Å². The monoisotopic (exact) mass is 255 g/mol. The number of hydrogen-bond donors (Lipinski definition) is 3. The second kappa shape index (κ2) is 9.64. The summed E-state index contributed by atoms with van der Waals surface area (Å²) < 4.78 is 10.4. The first kappa shape index (κ1) is 14.7. The molecule has 1 heterocycles. The lowest BCUT2D eigenvalue weighted by Gasteiger charge is -2.06. The van der Waals surface area contributed by atoms with Gasteiger partial charge in [-0.1, -0.05) is 0 Å². The number of amides is 1. The van der Waals surface area contributed by atoms with Gasteiger partial charge in [0.2, 0.25) is 5.91 Å². The number of nitrogens with two attached hydrogens (primary N) is 1. The van der Waals surface area contributed by atoms with Crippen molar-refractivity contribution >= 4 is 5.91 Å². The number of aromatic amines is 1. The minimum atomic E-state index is -0.00224. The molecule has 1 aromatic heterocycles. The van der Waals surface area contributed by atoms with Crippen LogP contribution in [0.25, 0.3) is 0 Å². The van der Waals surface area contributed by atoms with E-state index in [-0.39, 0.29) is 5.91 Å². The van der Waals surface area contributed by atoms with Gasteiger partial charge >= 0.3 is 0 Å². The summed E-state index contributed by atoms with van der Waals surface area (Å²) in [5.41, 5.74) is 6.24. The van der Waals surface area contributed by atoms with Crippen molar-refractivity contribution < 1.29 is 14.3 Å². The van der Waals surface area contributed by atoms with Gasteiger partial charge in [-0.25, -0.2) is 0 Å². The van der Waals surface area contributed by atoms with Crippen molar-refractivity contribution in [1.29, 1.82) is 0 Å². The second-order valence-electron chi connectivity index (χ2n) is 3.76. The van der Waals surface area contributed by atoms with Crippen molar-refractivity contribution in [3.05, 3.63) is 24.0 Å². The van der Waals surface area contributed by atoms with E-state index in [1.165, 1.54) is 0 Å². The predicted molar refractivity (Wildman–Crippen MR) is 68.2 cm³/mol. The SMILES string of the molecule is NCCOCCOCCNC(=O)Cc1cc[nH]c1. The van der Waals surface area contributed by atoms with Crippen LogP contribution in [-0.4, -0.2) is 50.4 Å². The lowest BCUT2D eigenvalue weighted by molar-refractivity contribution is -0.120. The molecule has 0 bridgehead atoms. The third-order valence-corrected chi connectivity index (χ3v) is 2.23. The summed E-state index contributed by atoms with van der Waals surface area (Å²) in [5.74, 6) is -0.00224. The third kappa shape index (κ3) is 7.05. The average molecular weight is 255 g/mol. The first-order chi connectivity index (χ1) is 8.83. The Balaban J connectivity index is 1.90. The Morgan fingerprint density at radius 1 is 1.28 bits per heavy atom. The molecular formula is C12H21N3O3. The average Bonchev–Trinajstić information content (AvgIpc) is 2.85. The fraction of sp³-hybridized carbons (Fsp3) is 0.583. The molecule has 0 unspecified atom stereocenters. The van der Waals surface area contributed by atoms with Crippen molar-refractivity contribution in [2.45, 2.75) is 6.42 Å². The number of nitrogens with one attached hydrogen (secondary N) is 2. The number of rotatable bonds is 10. The van der Waals surface area contributed by atoms with Crippen LogP contribution in [0.3, 0.4) is 0 Å². The maximum atomic E-state index is 11.5. The highest BCUT2D eigenvalue weighted by Gasteiger charge is 2.02. The van der Waals surface area contributed by atoms with E-state index in [1.54, 1.807) is 6.20 Å². The van der Waals surface area contributed by atoms with E-state index in [0.29, 0.717) is 45.9 Å². The molecule has 0 aromatic carbocycles. The lowest BCUT2D eigenvalue weighted by Crippen LogP contribution is -2.28. The van der Waals surface area contributed by atoms with Crippen molar-refractivity contribution in [3.8, 4) is 0 Å². The number of ether oxygens (including phenoxy) is 2. The molecule has 1 amide bonds. The largest absolute Gasteiger partial charge is 0.378 e. The molecule has 0 atom stereocenters. The van der Waals surface area contributed by atoms with Crippen LogP contribution in [0.5, 0.6) is 0 Å². The first-order valence-corrected chi connectivity index (χ1v) is 6.07. The van der Waals surface area contributed by atoms with E-state index in [4.69, 9.17) is 15.2 Å². The van der Waals surface area contributed by atoms with Crippen LogP contribution in [0.1, 0.15) is 5.56 Å². The highest BCUT2D eigenvalue weighted by molar-refractivity contribution is 5.78. The number of hydrogen-bond acceptors (Lipinski definition) is 4. The van der Waals surface area contributed by atoms with Gasteiger partial charge in [-0.3, -0.25) is 4.79 Å². The molecule has 0 saturated carbocycles. The van der Waals surface area contributed by atoms with Crippen molar-refractivity contribution in [2.24, 2.45) is 5.73 Å². The Bertz CT molecular complexity index is 314. The van der Waals surface area contributed by atoms with Crippen molar-refractivity contribution in [3.63, 3.8) is 0 Å². The summed E-state index contributed by atoms with van der Waals surface area (Å²) in [7, 11) is 0. The van der Waals surface area contributed by atoms with Gasteiger partial charge in [-0.2, -0.15) is 0 Å². The van der Waals surface area contributed by atoms with E-state index in [1.807, 2.05) is 12.3 Å². The number of carbonyl (C=O) groups is 1. The molecule has 18 heavy (non-hydrogen) atoms. The molecule has 4 N–H and O–H groups in total. The molecule has 0 spiro atoms. The van der Waals surface area contributed by atoms with Crippen LogP contribution in [0, 0.1) is 0 Å². The van der Waals surface area contributed by atoms with Crippen LogP contribution in [0.2, 0.25) is 0 Å². The summed E-state index contributed by atoms with van der Waals surface area (Å²) in [5, 5.41) is 2.78. The van der Waals surface area contributed by atoms with E-state index in [2.05, 4.69) is 10.3 Å². The Kier molecular flexibility index (Phi) is 7.87. The standard InChI is InChI=1S/C12H21N3O3/c13-2-5-17-7-8-18-6-4-15-12(16)9-11-1-3-14-10-11/h1,3,10,14H,2,4-9,13H2,(H,15,16). The molecular weight excluding hydrogens is 234 g/mol. The molecule has 0 aliphatic rings. The third-order valence-electron chi connectivity index (χ3n) is 2.23. The molecule has 0 aliphatic heterocycles. The Labute approximate surface area is 107 Å². The molecule has 102 valence electrons. The highest BCUT2D eigenvalue weighted by Crippen LogP contribution is 1.96. The topological polar surface area (TPSA) is 89.4 Å². The minimum Gasteiger partial charge on any atom is -0.378 e. The lowest BCUT2D eigenvalue weighted by atomic mass is 10.2. The van der Waals surface area contributed by atoms with E-state index in [9.17, 15) is 4.79 Å². The summed E-state index contributed by atoms with van der Waals surface area (Å²) in [4.78, 5) is 14.4. The van der Waals surface area contributed by atoms with E-state index in [0.717, 1.165) is 5.56 Å². The normalized spacial score (nSPS) is 10.5. The maximum Gasteiger partial charge on any atom is 0.224 e. The molecule has 0 aliphatic carbocycles. The van der Waals surface area contributed by atoms with Gasteiger partial charge in [0.15, 0.2) is 0 Å². The Hall–Kier alpha value is -1.37. The summed E-state index contributed by atoms with van der Waals surface area (Å²) in [6, 6.07) is 1.88.